The first-order valence-electron chi connectivity index (χ1n) is 9.32. The van der Waals surface area contributed by atoms with Gasteiger partial charge in [-0.3, -0.25) is 4.79 Å². The Morgan fingerprint density at radius 1 is 1.12 bits per heavy atom. The molecule has 2 fully saturated rings. The molecule has 0 aromatic carbocycles. The van der Waals surface area contributed by atoms with Crippen LogP contribution in [0.25, 0.3) is 0 Å². The van der Waals surface area contributed by atoms with Crippen molar-refractivity contribution in [3.05, 3.63) is 10.6 Å². The molecule has 0 radical (unpaired) electrons. The second-order valence-corrected chi connectivity index (χ2v) is 10.7. The van der Waals surface area contributed by atoms with Crippen molar-refractivity contribution in [2.24, 2.45) is 5.92 Å². The molecule has 138 valence electrons. The largest absolute Gasteiger partial charge is 0.302 e. The Hall–Kier alpha value is -0.990. The van der Waals surface area contributed by atoms with Gasteiger partial charge in [-0.15, -0.1) is 11.3 Å². The van der Waals surface area contributed by atoms with Gasteiger partial charge in [-0.25, -0.2) is 13.4 Å². The highest BCUT2D eigenvalue weighted by molar-refractivity contribution is 7.89. The van der Waals surface area contributed by atoms with Crippen molar-refractivity contribution in [3.8, 4) is 0 Å². The summed E-state index contributed by atoms with van der Waals surface area (Å²) in [5.74, 6) is 0.188. The van der Waals surface area contributed by atoms with E-state index in [4.69, 9.17) is 0 Å². The molecule has 1 amide bonds. The molecular formula is C17H25N3O3S2. The number of hydrogen-bond donors (Lipinski definition) is 1. The monoisotopic (exact) mass is 383 g/mol. The van der Waals surface area contributed by atoms with Gasteiger partial charge >= 0.3 is 0 Å². The van der Waals surface area contributed by atoms with Gasteiger partial charge in [0.15, 0.2) is 5.13 Å². The summed E-state index contributed by atoms with van der Waals surface area (Å²) in [6.07, 6.45) is 8.44. The number of carbonyl (C=O) groups is 1. The van der Waals surface area contributed by atoms with Crippen LogP contribution in [0.2, 0.25) is 0 Å². The minimum Gasteiger partial charge on any atom is -0.302 e. The van der Waals surface area contributed by atoms with Crippen molar-refractivity contribution >= 4 is 32.4 Å². The molecule has 1 aromatic rings. The molecule has 0 saturated heterocycles. The van der Waals surface area contributed by atoms with E-state index in [0.29, 0.717) is 24.6 Å². The van der Waals surface area contributed by atoms with Crippen LogP contribution in [0.4, 0.5) is 5.13 Å². The molecule has 1 aliphatic heterocycles. The molecule has 25 heavy (non-hydrogen) atoms. The van der Waals surface area contributed by atoms with Crippen molar-refractivity contribution in [2.45, 2.75) is 69.6 Å². The summed E-state index contributed by atoms with van der Waals surface area (Å²) in [5, 5.41) is 3.33. The van der Waals surface area contributed by atoms with Gasteiger partial charge in [0.1, 0.15) is 0 Å². The fourth-order valence-corrected chi connectivity index (χ4v) is 7.01. The molecule has 2 saturated carbocycles. The Labute approximate surface area is 153 Å². The summed E-state index contributed by atoms with van der Waals surface area (Å²) >= 11 is 1.43. The van der Waals surface area contributed by atoms with Gasteiger partial charge in [-0.05, 0) is 25.7 Å². The highest BCUT2D eigenvalue weighted by atomic mass is 32.2. The first-order valence-corrected chi connectivity index (χ1v) is 11.6. The zero-order valence-electron chi connectivity index (χ0n) is 14.4. The van der Waals surface area contributed by atoms with Crippen molar-refractivity contribution in [1.29, 1.82) is 0 Å². The maximum Gasteiger partial charge on any atom is 0.229 e. The Bertz CT molecular complexity index is 749. The number of aromatic nitrogens is 1. The molecule has 2 aliphatic carbocycles. The average molecular weight is 384 g/mol. The topological polar surface area (TPSA) is 79.4 Å². The number of amides is 1. The fourth-order valence-electron chi connectivity index (χ4n) is 3.89. The first kappa shape index (κ1) is 17.4. The zero-order chi connectivity index (χ0) is 17.4. The lowest BCUT2D eigenvalue weighted by molar-refractivity contribution is -0.122. The molecule has 0 spiro atoms. The van der Waals surface area contributed by atoms with E-state index >= 15 is 0 Å². The van der Waals surface area contributed by atoms with Gasteiger partial charge in [-0.1, -0.05) is 25.7 Å². The summed E-state index contributed by atoms with van der Waals surface area (Å²) in [4.78, 5) is 17.6. The van der Waals surface area contributed by atoms with Crippen LogP contribution >= 0.6 is 11.3 Å². The molecule has 1 N–H and O–H groups in total. The van der Waals surface area contributed by atoms with Crippen LogP contribution < -0.4 is 5.32 Å². The van der Waals surface area contributed by atoms with E-state index in [2.05, 4.69) is 10.3 Å². The van der Waals surface area contributed by atoms with E-state index in [0.717, 1.165) is 61.9 Å². The SMILES string of the molecule is O=C(Nc1nc2c(s1)CN(S(=O)(=O)C1CCCCC1)CC2)C1CCC1. The number of rotatable bonds is 4. The van der Waals surface area contributed by atoms with E-state index in [1.807, 2.05) is 0 Å². The summed E-state index contributed by atoms with van der Waals surface area (Å²) in [5.41, 5.74) is 0.948. The minimum absolute atomic E-state index is 0.0593. The highest BCUT2D eigenvalue weighted by Gasteiger charge is 2.36. The van der Waals surface area contributed by atoms with E-state index < -0.39 is 10.0 Å². The summed E-state index contributed by atoms with van der Waals surface area (Å²) in [6, 6.07) is 0. The lowest BCUT2D eigenvalue weighted by Crippen LogP contribution is -2.42. The van der Waals surface area contributed by atoms with Crippen molar-refractivity contribution in [1.82, 2.24) is 9.29 Å². The second-order valence-electron chi connectivity index (χ2n) is 7.39. The standard InChI is InChI=1S/C17H25N3O3S2/c21-16(12-5-4-6-12)19-17-18-14-9-10-20(11-15(14)24-17)25(22,23)13-7-2-1-3-8-13/h12-13H,1-11H2,(H,18,19,21). The zero-order valence-corrected chi connectivity index (χ0v) is 16.0. The molecule has 2 heterocycles. The van der Waals surface area contributed by atoms with Crippen molar-refractivity contribution in [2.75, 3.05) is 11.9 Å². The van der Waals surface area contributed by atoms with E-state index in [-0.39, 0.29) is 17.1 Å². The van der Waals surface area contributed by atoms with Crippen LogP contribution in [-0.2, 0) is 27.8 Å². The fraction of sp³-hybridized carbons (Fsp3) is 0.765. The lowest BCUT2D eigenvalue weighted by atomic mass is 9.85. The number of hydrogen-bond acceptors (Lipinski definition) is 5. The minimum atomic E-state index is -3.22. The Morgan fingerprint density at radius 3 is 2.56 bits per heavy atom. The maximum absolute atomic E-state index is 12.9. The van der Waals surface area contributed by atoms with Gasteiger partial charge in [0.2, 0.25) is 15.9 Å². The molecule has 3 aliphatic rings. The molecule has 0 atom stereocenters. The number of nitrogens with one attached hydrogen (secondary N) is 1. The number of thiazole rings is 1. The smallest absolute Gasteiger partial charge is 0.229 e. The van der Waals surface area contributed by atoms with Crippen LogP contribution in [-0.4, -0.2) is 35.4 Å². The van der Waals surface area contributed by atoms with Crippen LogP contribution in [0, 0.1) is 5.92 Å². The molecule has 6 nitrogen and oxygen atoms in total. The van der Waals surface area contributed by atoms with Gasteiger partial charge < -0.3 is 5.32 Å². The molecular weight excluding hydrogens is 358 g/mol. The number of sulfonamides is 1. The third-order valence-electron chi connectivity index (χ3n) is 5.74. The maximum atomic E-state index is 12.9. The molecule has 0 unspecified atom stereocenters. The van der Waals surface area contributed by atoms with Gasteiger partial charge in [0.05, 0.1) is 10.9 Å². The van der Waals surface area contributed by atoms with E-state index in [1.54, 1.807) is 4.31 Å². The molecule has 8 heteroatoms. The van der Waals surface area contributed by atoms with Crippen molar-refractivity contribution < 1.29 is 13.2 Å². The second kappa shape index (κ2) is 6.96. The summed E-state index contributed by atoms with van der Waals surface area (Å²) in [6.45, 7) is 0.913. The first-order chi connectivity index (χ1) is 12.0. The summed E-state index contributed by atoms with van der Waals surface area (Å²) in [7, 11) is -3.22. The van der Waals surface area contributed by atoms with Crippen LogP contribution in [0.1, 0.15) is 61.9 Å². The predicted octanol–water partition coefficient (Wildman–Crippen LogP) is 2.90. The van der Waals surface area contributed by atoms with Crippen LogP contribution in [0.5, 0.6) is 0 Å². The molecule has 1 aromatic heterocycles. The Balaban J connectivity index is 1.44. The summed E-state index contributed by atoms with van der Waals surface area (Å²) < 4.78 is 27.5. The quantitative estimate of drug-likeness (QED) is 0.867. The van der Waals surface area contributed by atoms with Gasteiger partial charge in [0.25, 0.3) is 0 Å². The third kappa shape index (κ3) is 3.48. The highest BCUT2D eigenvalue weighted by Crippen LogP contribution is 2.34. The van der Waals surface area contributed by atoms with Crippen LogP contribution in [0.15, 0.2) is 0 Å². The Kier molecular flexibility index (Phi) is 4.85. The van der Waals surface area contributed by atoms with E-state index in [1.165, 1.54) is 11.3 Å². The molecule has 0 bridgehead atoms. The third-order valence-corrected chi connectivity index (χ3v) is 9.08. The number of nitrogens with zero attached hydrogens (tertiary/aromatic N) is 2. The predicted molar refractivity (Wildman–Crippen MR) is 98.0 cm³/mol. The number of fused-ring (bicyclic) bond motifs is 1. The molecule has 4 rings (SSSR count). The number of anilines is 1. The average Bonchev–Trinajstić information content (AvgIpc) is 2.95. The van der Waals surface area contributed by atoms with Gasteiger partial charge in [-0.2, -0.15) is 4.31 Å². The number of carbonyl (C=O) groups excluding carboxylic acids is 1. The van der Waals surface area contributed by atoms with E-state index in [9.17, 15) is 13.2 Å². The Morgan fingerprint density at radius 2 is 1.88 bits per heavy atom. The van der Waals surface area contributed by atoms with Crippen LogP contribution in [0.3, 0.4) is 0 Å². The normalized spacial score (nSPS) is 23.0. The van der Waals surface area contributed by atoms with Crippen molar-refractivity contribution in [3.63, 3.8) is 0 Å². The lowest BCUT2D eigenvalue weighted by Gasteiger charge is -2.31. The van der Waals surface area contributed by atoms with Gasteiger partial charge in [0, 0.05) is 30.3 Å².